The monoisotopic (exact) mass is 469 g/mol. The quantitative estimate of drug-likeness (QED) is 0.215. The highest BCUT2D eigenvalue weighted by Gasteiger charge is 2.55. The molecule has 2 heterocycles. The molecule has 2 aliphatic rings. The second kappa shape index (κ2) is 8.06. The molecule has 2 amide bonds. The molecule has 0 saturated carbocycles. The van der Waals surface area contributed by atoms with Gasteiger partial charge in [0.2, 0.25) is 11.8 Å². The summed E-state index contributed by atoms with van der Waals surface area (Å²) in [5.74, 6) is -1.57. The number of imide groups is 1. The molecule has 4 atom stereocenters. The Morgan fingerprint density at radius 1 is 0.556 bits per heavy atom. The Morgan fingerprint density at radius 3 is 1.69 bits per heavy atom. The summed E-state index contributed by atoms with van der Waals surface area (Å²) >= 11 is 0. The van der Waals surface area contributed by atoms with Gasteiger partial charge in [-0.2, -0.15) is 0 Å². The van der Waals surface area contributed by atoms with Crippen LogP contribution in [-0.2, 0) is 9.59 Å². The summed E-state index contributed by atoms with van der Waals surface area (Å²) in [5.41, 5.74) is 4.11. The first-order valence-corrected chi connectivity index (χ1v) is 12.3. The van der Waals surface area contributed by atoms with Crippen LogP contribution in [0.15, 0.2) is 120 Å². The molecule has 0 N–H and O–H groups in total. The highest BCUT2D eigenvalue weighted by Crippen LogP contribution is 2.50. The van der Waals surface area contributed by atoms with Crippen molar-refractivity contribution >= 4 is 39.4 Å². The van der Waals surface area contributed by atoms with Crippen LogP contribution in [-0.4, -0.2) is 11.8 Å². The number of hydrogen-bond acceptors (Lipinski definition) is 3. The molecule has 0 bridgehead atoms. The Balaban J connectivity index is 1.36. The van der Waals surface area contributed by atoms with Crippen molar-refractivity contribution in [2.75, 3.05) is 4.90 Å². The number of nitrogens with zero attached hydrogens (tertiary/aromatic N) is 1. The van der Waals surface area contributed by atoms with E-state index in [2.05, 4.69) is 12.2 Å². The van der Waals surface area contributed by atoms with Gasteiger partial charge in [-0.3, -0.25) is 9.59 Å². The lowest BCUT2D eigenvalue weighted by atomic mass is 9.68. The van der Waals surface area contributed by atoms with Crippen LogP contribution >= 0.6 is 0 Å². The lowest BCUT2D eigenvalue weighted by Crippen LogP contribution is -2.31. The van der Waals surface area contributed by atoms with Crippen molar-refractivity contribution in [3.63, 3.8) is 0 Å². The predicted molar refractivity (Wildman–Crippen MR) is 141 cm³/mol. The molecule has 4 heteroatoms. The molecular weight excluding hydrogens is 446 g/mol. The fraction of sp³-hybridized carbons (Fsp3) is 0.125. The van der Waals surface area contributed by atoms with Crippen molar-refractivity contribution in [1.29, 1.82) is 0 Å². The number of carbonyl (C=O) groups is 2. The van der Waals surface area contributed by atoms with Crippen molar-refractivity contribution in [2.24, 2.45) is 11.8 Å². The van der Waals surface area contributed by atoms with Crippen LogP contribution in [0.3, 0.4) is 0 Å². The first-order chi connectivity index (χ1) is 17.7. The van der Waals surface area contributed by atoms with Crippen LogP contribution in [0.4, 0.5) is 5.69 Å². The van der Waals surface area contributed by atoms with Crippen molar-refractivity contribution in [1.82, 2.24) is 0 Å². The third-order valence-electron chi connectivity index (χ3n) is 7.69. The molecule has 0 radical (unpaired) electrons. The maximum atomic E-state index is 14.1. The highest BCUT2D eigenvalue weighted by molar-refractivity contribution is 6.23. The van der Waals surface area contributed by atoms with E-state index in [0.29, 0.717) is 11.3 Å². The number of rotatable bonds is 3. The van der Waals surface area contributed by atoms with E-state index in [1.54, 1.807) is 0 Å². The average Bonchev–Trinajstić information content (AvgIpc) is 3.43. The van der Waals surface area contributed by atoms with Gasteiger partial charge in [0.05, 0.1) is 17.5 Å². The summed E-state index contributed by atoms with van der Waals surface area (Å²) < 4.78 is 6.06. The normalized spacial score (nSPS) is 23.5. The van der Waals surface area contributed by atoms with Gasteiger partial charge in [-0.1, -0.05) is 91.0 Å². The number of amides is 2. The van der Waals surface area contributed by atoms with E-state index in [9.17, 15) is 9.59 Å². The molecule has 1 aliphatic carbocycles. The maximum absolute atomic E-state index is 14.1. The Morgan fingerprint density at radius 2 is 1.08 bits per heavy atom. The standard InChI is InChI=1S/C32H23NO3/c34-31-29-23(20-9-3-1-4-10-20)17-18-24(21-11-5-2-6-12-21)30(29)32(35)33(31)22-15-16-26-25-13-7-8-14-27(25)36-28(26)19-22/h1-19,23-24,29-30H/t23-,24+,29-,30-/m0/s1. The maximum Gasteiger partial charge on any atom is 0.238 e. The summed E-state index contributed by atoms with van der Waals surface area (Å²) in [5, 5.41) is 1.99. The SMILES string of the molecule is O=C1[C@@H]2[C@@H](C(=O)N1c1ccc3c(c1)oc1ccccc13)[C@H](c1ccccc1)C=C[C@@H]2c1ccccc1. The molecule has 1 aliphatic heterocycles. The summed E-state index contributed by atoms with van der Waals surface area (Å²) in [6.45, 7) is 0. The van der Waals surface area contributed by atoms with Crippen LogP contribution < -0.4 is 4.90 Å². The fourth-order valence-corrected chi connectivity index (χ4v) is 6.04. The molecule has 4 aromatic carbocycles. The van der Waals surface area contributed by atoms with E-state index < -0.39 is 11.8 Å². The minimum Gasteiger partial charge on any atom is -0.456 e. The molecule has 36 heavy (non-hydrogen) atoms. The molecule has 174 valence electrons. The number of anilines is 1. The van der Waals surface area contributed by atoms with Crippen LogP contribution in [0, 0.1) is 11.8 Å². The van der Waals surface area contributed by atoms with Crippen molar-refractivity contribution in [3.05, 3.63) is 126 Å². The van der Waals surface area contributed by atoms with Gasteiger partial charge in [0, 0.05) is 28.7 Å². The number of furan rings is 1. The van der Waals surface area contributed by atoms with E-state index in [-0.39, 0.29) is 23.7 Å². The topological polar surface area (TPSA) is 50.5 Å². The summed E-state index contributed by atoms with van der Waals surface area (Å²) in [6.07, 6.45) is 4.23. The largest absolute Gasteiger partial charge is 0.456 e. The third kappa shape index (κ3) is 3.07. The fourth-order valence-electron chi connectivity index (χ4n) is 6.04. The van der Waals surface area contributed by atoms with Gasteiger partial charge < -0.3 is 4.42 Å². The molecule has 1 fully saturated rings. The van der Waals surface area contributed by atoms with Crippen LogP contribution in [0.25, 0.3) is 21.9 Å². The van der Waals surface area contributed by atoms with Gasteiger partial charge in [-0.05, 0) is 29.3 Å². The molecule has 7 rings (SSSR count). The van der Waals surface area contributed by atoms with Gasteiger partial charge in [0.15, 0.2) is 0 Å². The number of carbonyl (C=O) groups excluding carboxylic acids is 2. The number of benzene rings is 4. The minimum atomic E-state index is -0.471. The number of allylic oxidation sites excluding steroid dienone is 2. The Labute approximate surface area is 208 Å². The van der Waals surface area contributed by atoms with Crippen molar-refractivity contribution in [2.45, 2.75) is 11.8 Å². The van der Waals surface area contributed by atoms with E-state index in [1.165, 1.54) is 4.90 Å². The van der Waals surface area contributed by atoms with Gasteiger partial charge in [0.25, 0.3) is 0 Å². The lowest BCUT2D eigenvalue weighted by Gasteiger charge is -2.32. The Bertz CT molecular complexity index is 1580. The Kier molecular flexibility index (Phi) is 4.68. The van der Waals surface area contributed by atoms with Gasteiger partial charge in [-0.25, -0.2) is 4.90 Å². The highest BCUT2D eigenvalue weighted by atomic mass is 16.3. The van der Waals surface area contributed by atoms with Crippen LogP contribution in [0.5, 0.6) is 0 Å². The molecular formula is C32H23NO3. The third-order valence-corrected chi connectivity index (χ3v) is 7.69. The van der Waals surface area contributed by atoms with Gasteiger partial charge >= 0.3 is 0 Å². The summed E-state index contributed by atoms with van der Waals surface area (Å²) in [7, 11) is 0. The summed E-state index contributed by atoms with van der Waals surface area (Å²) in [6, 6.07) is 33.5. The second-order valence-corrected chi connectivity index (χ2v) is 9.60. The van der Waals surface area contributed by atoms with E-state index in [4.69, 9.17) is 4.42 Å². The Hall–Kier alpha value is -4.44. The van der Waals surface area contributed by atoms with Gasteiger partial charge in [0.1, 0.15) is 11.2 Å². The van der Waals surface area contributed by atoms with E-state index in [0.717, 1.165) is 27.5 Å². The zero-order valence-corrected chi connectivity index (χ0v) is 19.5. The zero-order valence-electron chi connectivity index (χ0n) is 19.5. The molecule has 1 aromatic heterocycles. The van der Waals surface area contributed by atoms with Gasteiger partial charge in [-0.15, -0.1) is 0 Å². The minimum absolute atomic E-state index is 0.153. The zero-order chi connectivity index (χ0) is 24.2. The molecule has 4 nitrogen and oxygen atoms in total. The molecule has 1 saturated heterocycles. The molecule has 5 aromatic rings. The van der Waals surface area contributed by atoms with Crippen LogP contribution in [0.1, 0.15) is 23.0 Å². The lowest BCUT2D eigenvalue weighted by molar-refractivity contribution is -0.122. The smallest absolute Gasteiger partial charge is 0.238 e. The number of hydrogen-bond donors (Lipinski definition) is 0. The van der Waals surface area contributed by atoms with E-state index >= 15 is 0 Å². The number of para-hydroxylation sites is 1. The molecule has 0 spiro atoms. The van der Waals surface area contributed by atoms with E-state index in [1.807, 2.05) is 103 Å². The summed E-state index contributed by atoms with van der Waals surface area (Å²) in [4.78, 5) is 29.5. The first-order valence-electron chi connectivity index (χ1n) is 12.3. The molecule has 0 unspecified atom stereocenters. The number of fused-ring (bicyclic) bond motifs is 4. The first kappa shape index (κ1) is 20.9. The van der Waals surface area contributed by atoms with Crippen molar-refractivity contribution < 1.29 is 14.0 Å². The predicted octanol–water partition coefficient (Wildman–Crippen LogP) is 6.83. The van der Waals surface area contributed by atoms with Crippen molar-refractivity contribution in [3.8, 4) is 0 Å². The second-order valence-electron chi connectivity index (χ2n) is 9.60. The average molecular weight is 470 g/mol. The van der Waals surface area contributed by atoms with Crippen LogP contribution in [0.2, 0.25) is 0 Å².